The molecule has 0 amide bonds. The molecule has 1 saturated carbocycles. The van der Waals surface area contributed by atoms with Gasteiger partial charge in [0, 0.05) is 5.92 Å². The lowest BCUT2D eigenvalue weighted by molar-refractivity contribution is 0.193. The molecule has 3 rings (SSSR count). The van der Waals surface area contributed by atoms with Crippen molar-refractivity contribution in [3.05, 3.63) is 29.6 Å². The summed E-state index contributed by atoms with van der Waals surface area (Å²) in [5.74, 6) is 1.78. The minimum Gasteiger partial charge on any atom is -0.342 e. The lowest BCUT2D eigenvalue weighted by Gasteiger charge is -2.37. The largest absolute Gasteiger partial charge is 0.342 e. The molecule has 1 fully saturated rings. The second-order valence-corrected chi connectivity index (χ2v) is 6.43. The molecule has 1 heterocycles. The average molecular weight is 242 g/mol. The highest BCUT2D eigenvalue weighted by Crippen LogP contribution is 2.46. The molecule has 2 nitrogen and oxygen atoms in total. The lowest BCUT2D eigenvalue weighted by Crippen LogP contribution is -2.26. The van der Waals surface area contributed by atoms with E-state index in [-0.39, 0.29) is 0 Å². The molecule has 2 aromatic rings. The molecule has 1 N–H and O–H groups in total. The van der Waals surface area contributed by atoms with Crippen molar-refractivity contribution >= 4 is 11.0 Å². The zero-order chi connectivity index (χ0) is 12.8. The molecule has 0 aliphatic heterocycles. The van der Waals surface area contributed by atoms with Gasteiger partial charge in [-0.2, -0.15) is 0 Å². The van der Waals surface area contributed by atoms with Crippen molar-refractivity contribution in [1.82, 2.24) is 9.97 Å². The first-order chi connectivity index (χ1) is 8.56. The molecule has 1 aromatic carbocycles. The summed E-state index contributed by atoms with van der Waals surface area (Å²) in [6.07, 6.45) is 5.28. The number of aromatic nitrogens is 2. The van der Waals surface area contributed by atoms with E-state index in [1.165, 1.54) is 42.6 Å². The second-order valence-electron chi connectivity index (χ2n) is 6.43. The molecule has 1 aromatic heterocycles. The van der Waals surface area contributed by atoms with E-state index in [2.05, 4.69) is 44.0 Å². The van der Waals surface area contributed by atoms with Crippen LogP contribution in [0.15, 0.2) is 18.2 Å². The molecular formula is C16H22N2. The van der Waals surface area contributed by atoms with E-state index >= 15 is 0 Å². The monoisotopic (exact) mass is 242 g/mol. The topological polar surface area (TPSA) is 28.7 Å². The van der Waals surface area contributed by atoms with Crippen LogP contribution in [0.25, 0.3) is 11.0 Å². The van der Waals surface area contributed by atoms with E-state index in [9.17, 15) is 0 Å². The van der Waals surface area contributed by atoms with Crippen molar-refractivity contribution < 1.29 is 0 Å². The fourth-order valence-electron chi connectivity index (χ4n) is 3.31. The maximum Gasteiger partial charge on any atom is 0.110 e. The van der Waals surface area contributed by atoms with Gasteiger partial charge in [-0.15, -0.1) is 0 Å². The summed E-state index contributed by atoms with van der Waals surface area (Å²) in [6.45, 7) is 6.90. The van der Waals surface area contributed by atoms with Gasteiger partial charge in [0.05, 0.1) is 11.0 Å². The summed E-state index contributed by atoms with van der Waals surface area (Å²) in [4.78, 5) is 8.37. The smallest absolute Gasteiger partial charge is 0.110 e. The van der Waals surface area contributed by atoms with Crippen LogP contribution in [0.4, 0.5) is 0 Å². The van der Waals surface area contributed by atoms with Crippen LogP contribution in [0.5, 0.6) is 0 Å². The number of fused-ring (bicyclic) bond motifs is 1. The van der Waals surface area contributed by atoms with E-state index in [4.69, 9.17) is 4.98 Å². The van der Waals surface area contributed by atoms with E-state index in [1.807, 2.05) is 0 Å². The van der Waals surface area contributed by atoms with Crippen LogP contribution in [0, 0.1) is 12.3 Å². The third-order valence-electron chi connectivity index (χ3n) is 4.49. The Morgan fingerprint density at radius 2 is 2.11 bits per heavy atom. The lowest BCUT2D eigenvalue weighted by atomic mass is 9.68. The van der Waals surface area contributed by atoms with Crippen molar-refractivity contribution in [1.29, 1.82) is 0 Å². The summed E-state index contributed by atoms with van der Waals surface area (Å²) < 4.78 is 0. The number of hydrogen-bond acceptors (Lipinski definition) is 1. The Morgan fingerprint density at radius 3 is 2.89 bits per heavy atom. The van der Waals surface area contributed by atoms with E-state index in [0.29, 0.717) is 11.3 Å². The highest BCUT2D eigenvalue weighted by molar-refractivity contribution is 5.75. The quantitative estimate of drug-likeness (QED) is 0.780. The Bertz CT molecular complexity index is 565. The Hall–Kier alpha value is -1.31. The molecule has 1 unspecified atom stereocenters. The number of aryl methyl sites for hydroxylation is 1. The van der Waals surface area contributed by atoms with Crippen LogP contribution in [0.1, 0.15) is 56.8 Å². The first-order valence-electron chi connectivity index (χ1n) is 7.02. The fourth-order valence-corrected chi connectivity index (χ4v) is 3.31. The van der Waals surface area contributed by atoms with Gasteiger partial charge in [-0.25, -0.2) is 4.98 Å². The molecule has 1 aliphatic carbocycles. The minimum atomic E-state index is 0.376. The van der Waals surface area contributed by atoms with Crippen LogP contribution >= 0.6 is 0 Å². The Balaban J connectivity index is 2.03. The molecule has 0 saturated heterocycles. The predicted molar refractivity (Wildman–Crippen MR) is 75.8 cm³/mol. The fraction of sp³-hybridized carbons (Fsp3) is 0.562. The third kappa shape index (κ3) is 1.94. The zero-order valence-corrected chi connectivity index (χ0v) is 11.6. The zero-order valence-electron chi connectivity index (χ0n) is 11.6. The molecule has 0 bridgehead atoms. The number of H-pyrrole nitrogens is 1. The van der Waals surface area contributed by atoms with Gasteiger partial charge in [-0.3, -0.25) is 0 Å². The summed E-state index contributed by atoms with van der Waals surface area (Å²) in [7, 11) is 0. The van der Waals surface area contributed by atoms with Gasteiger partial charge < -0.3 is 4.98 Å². The first-order valence-corrected chi connectivity index (χ1v) is 7.02. The molecule has 2 heteroatoms. The number of nitrogens with one attached hydrogen (secondary N) is 1. The van der Waals surface area contributed by atoms with Crippen molar-refractivity contribution in [2.75, 3.05) is 0 Å². The highest BCUT2D eigenvalue weighted by atomic mass is 14.9. The van der Waals surface area contributed by atoms with Crippen LogP contribution in [-0.4, -0.2) is 9.97 Å². The SMILES string of the molecule is Cc1ccc2nc(C3CCCCC3(C)C)[nH]c2c1. The van der Waals surface area contributed by atoms with Gasteiger partial charge in [-0.1, -0.05) is 32.8 Å². The van der Waals surface area contributed by atoms with Crippen LogP contribution in [-0.2, 0) is 0 Å². The maximum atomic E-state index is 4.82. The maximum absolute atomic E-state index is 4.82. The van der Waals surface area contributed by atoms with Crippen LogP contribution in [0.3, 0.4) is 0 Å². The number of nitrogens with zero attached hydrogens (tertiary/aromatic N) is 1. The van der Waals surface area contributed by atoms with E-state index in [1.54, 1.807) is 0 Å². The normalized spacial score (nSPS) is 23.4. The number of hydrogen-bond donors (Lipinski definition) is 1. The number of benzene rings is 1. The molecule has 96 valence electrons. The molecule has 1 aliphatic rings. The van der Waals surface area contributed by atoms with Crippen molar-refractivity contribution in [3.63, 3.8) is 0 Å². The first kappa shape index (κ1) is 11.8. The molecule has 1 atom stereocenters. The van der Waals surface area contributed by atoms with Crippen molar-refractivity contribution in [3.8, 4) is 0 Å². The highest BCUT2D eigenvalue weighted by Gasteiger charge is 2.35. The number of rotatable bonds is 1. The summed E-state index contributed by atoms with van der Waals surface area (Å²) in [6, 6.07) is 6.46. The molecular weight excluding hydrogens is 220 g/mol. The Labute approximate surface area is 109 Å². The molecule has 0 spiro atoms. The van der Waals surface area contributed by atoms with Gasteiger partial charge in [0.15, 0.2) is 0 Å². The van der Waals surface area contributed by atoms with Crippen molar-refractivity contribution in [2.24, 2.45) is 5.41 Å². The standard InChI is InChI=1S/C16H22N2/c1-11-7-8-13-14(10-11)18-15(17-13)12-6-4-5-9-16(12,2)3/h7-8,10,12H,4-6,9H2,1-3H3,(H,17,18). The average Bonchev–Trinajstić information content (AvgIpc) is 2.70. The second kappa shape index (κ2) is 4.11. The van der Waals surface area contributed by atoms with E-state index < -0.39 is 0 Å². The summed E-state index contributed by atoms with van der Waals surface area (Å²) >= 11 is 0. The number of imidazole rings is 1. The van der Waals surface area contributed by atoms with Crippen molar-refractivity contribution in [2.45, 2.75) is 52.4 Å². The predicted octanol–water partition coefficient (Wildman–Crippen LogP) is 4.56. The van der Waals surface area contributed by atoms with Crippen LogP contribution < -0.4 is 0 Å². The van der Waals surface area contributed by atoms with Gasteiger partial charge >= 0.3 is 0 Å². The minimum absolute atomic E-state index is 0.376. The van der Waals surface area contributed by atoms with Gasteiger partial charge in [0.25, 0.3) is 0 Å². The van der Waals surface area contributed by atoms with Gasteiger partial charge in [0.2, 0.25) is 0 Å². The Morgan fingerprint density at radius 1 is 1.28 bits per heavy atom. The van der Waals surface area contributed by atoms with Gasteiger partial charge in [-0.05, 0) is 42.9 Å². The summed E-state index contributed by atoms with van der Waals surface area (Å²) in [5, 5.41) is 0. The molecule has 18 heavy (non-hydrogen) atoms. The summed E-state index contributed by atoms with van der Waals surface area (Å²) in [5.41, 5.74) is 3.96. The molecule has 0 radical (unpaired) electrons. The van der Waals surface area contributed by atoms with Gasteiger partial charge in [0.1, 0.15) is 5.82 Å². The number of aromatic amines is 1. The van der Waals surface area contributed by atoms with Crippen LogP contribution in [0.2, 0.25) is 0 Å². The third-order valence-corrected chi connectivity index (χ3v) is 4.49. The van der Waals surface area contributed by atoms with E-state index in [0.717, 1.165) is 5.52 Å². The Kier molecular flexibility index (Phi) is 2.69.